The molecular weight excluding hydrogens is 232 g/mol. The maximum Gasteiger partial charge on any atom is 0.407 e. The molecule has 1 saturated carbocycles. The highest BCUT2D eigenvalue weighted by atomic mass is 16.6. The third-order valence-electron chi connectivity index (χ3n) is 4.55. The van der Waals surface area contributed by atoms with Gasteiger partial charge in [0.05, 0.1) is 6.54 Å². The number of nitrogens with zero attached hydrogens (tertiary/aromatic N) is 1. The predicted octanol–water partition coefficient (Wildman–Crippen LogP) is 1.28. The molecule has 5 heteroatoms. The molecule has 2 saturated heterocycles. The molecule has 0 bridgehead atoms. The molecule has 1 spiro atoms. The highest BCUT2D eigenvalue weighted by Gasteiger charge is 2.44. The van der Waals surface area contributed by atoms with Gasteiger partial charge in [0.2, 0.25) is 5.91 Å². The van der Waals surface area contributed by atoms with Gasteiger partial charge >= 0.3 is 6.09 Å². The third-order valence-corrected chi connectivity index (χ3v) is 4.55. The molecule has 0 aromatic rings. The molecule has 3 fully saturated rings. The average Bonchev–Trinajstić information content (AvgIpc) is 3.00. The second-order valence-corrected chi connectivity index (χ2v) is 5.73. The third kappa shape index (κ3) is 2.06. The average molecular weight is 252 g/mol. The Morgan fingerprint density at radius 3 is 2.50 bits per heavy atom. The van der Waals surface area contributed by atoms with E-state index in [1.807, 2.05) is 4.90 Å². The first-order chi connectivity index (χ1) is 8.69. The minimum Gasteiger partial charge on any atom is -0.441 e. The number of amides is 2. The molecular formula is C13H20N2O3. The zero-order valence-corrected chi connectivity index (χ0v) is 10.6. The van der Waals surface area contributed by atoms with Crippen LogP contribution in [0.25, 0.3) is 0 Å². The fourth-order valence-corrected chi connectivity index (χ4v) is 3.35. The van der Waals surface area contributed by atoms with Crippen molar-refractivity contribution in [1.29, 1.82) is 0 Å². The van der Waals surface area contributed by atoms with E-state index in [1.54, 1.807) is 0 Å². The topological polar surface area (TPSA) is 58.6 Å². The molecule has 0 aromatic carbocycles. The van der Waals surface area contributed by atoms with Crippen molar-refractivity contribution in [1.82, 2.24) is 10.2 Å². The number of hydrogen-bond donors (Lipinski definition) is 1. The van der Waals surface area contributed by atoms with Crippen molar-refractivity contribution >= 4 is 12.0 Å². The Balaban J connectivity index is 1.56. The van der Waals surface area contributed by atoms with Crippen molar-refractivity contribution in [3.63, 3.8) is 0 Å². The molecule has 0 radical (unpaired) electrons. The van der Waals surface area contributed by atoms with Crippen molar-refractivity contribution in [3.05, 3.63) is 0 Å². The lowest BCUT2D eigenvalue weighted by Gasteiger charge is -2.38. The van der Waals surface area contributed by atoms with Crippen LogP contribution in [0.1, 0.15) is 38.5 Å². The summed E-state index contributed by atoms with van der Waals surface area (Å²) in [5.41, 5.74) is -0.344. The summed E-state index contributed by atoms with van der Waals surface area (Å²) in [6.07, 6.45) is 5.71. The molecule has 18 heavy (non-hydrogen) atoms. The van der Waals surface area contributed by atoms with Crippen molar-refractivity contribution in [2.75, 3.05) is 19.6 Å². The summed E-state index contributed by atoms with van der Waals surface area (Å²) in [5.74, 6) is 0.572. The molecule has 0 atom stereocenters. The van der Waals surface area contributed by atoms with E-state index in [2.05, 4.69) is 5.32 Å². The Kier molecular flexibility index (Phi) is 2.92. The summed E-state index contributed by atoms with van der Waals surface area (Å²) in [6.45, 7) is 2.05. The highest BCUT2D eigenvalue weighted by molar-refractivity contribution is 5.79. The van der Waals surface area contributed by atoms with E-state index in [9.17, 15) is 9.59 Å². The van der Waals surface area contributed by atoms with Crippen LogP contribution in [0.2, 0.25) is 0 Å². The SMILES string of the molecule is O=C1NCC2(CCN(C(=O)C3CCCC3)CC2)O1. The molecule has 3 rings (SSSR count). The zero-order valence-electron chi connectivity index (χ0n) is 10.6. The Hall–Kier alpha value is -1.26. The standard InChI is InChI=1S/C13H20N2O3/c16-11(10-3-1-2-4-10)15-7-5-13(6-8-15)9-14-12(17)18-13/h10H,1-9H2,(H,14,17). The summed E-state index contributed by atoms with van der Waals surface area (Å²) in [6, 6.07) is 0. The summed E-state index contributed by atoms with van der Waals surface area (Å²) in [5, 5.41) is 2.71. The van der Waals surface area contributed by atoms with Crippen LogP contribution in [0.3, 0.4) is 0 Å². The zero-order chi connectivity index (χ0) is 12.6. The van der Waals surface area contributed by atoms with Gasteiger partial charge in [-0.15, -0.1) is 0 Å². The maximum absolute atomic E-state index is 12.3. The maximum atomic E-state index is 12.3. The Morgan fingerprint density at radius 2 is 1.94 bits per heavy atom. The smallest absolute Gasteiger partial charge is 0.407 e. The van der Waals surface area contributed by atoms with Crippen molar-refractivity contribution in [2.24, 2.45) is 5.92 Å². The summed E-state index contributed by atoms with van der Waals surface area (Å²) >= 11 is 0. The van der Waals surface area contributed by atoms with Gasteiger partial charge in [-0.1, -0.05) is 12.8 Å². The molecule has 2 amide bonds. The number of piperidine rings is 1. The molecule has 1 N–H and O–H groups in total. The number of carbonyl (C=O) groups is 2. The minimum atomic E-state index is -0.344. The van der Waals surface area contributed by atoms with Gasteiger partial charge < -0.3 is 15.0 Å². The first kappa shape index (κ1) is 11.8. The molecule has 2 aliphatic heterocycles. The molecule has 0 unspecified atom stereocenters. The lowest BCUT2D eigenvalue weighted by atomic mass is 9.91. The highest BCUT2D eigenvalue weighted by Crippen LogP contribution is 2.32. The van der Waals surface area contributed by atoms with Crippen molar-refractivity contribution < 1.29 is 14.3 Å². The van der Waals surface area contributed by atoms with E-state index >= 15 is 0 Å². The van der Waals surface area contributed by atoms with Gasteiger partial charge in [-0.05, 0) is 12.8 Å². The monoisotopic (exact) mass is 252 g/mol. The Bertz CT molecular complexity index is 355. The second kappa shape index (κ2) is 4.44. The van der Waals surface area contributed by atoms with Gasteiger partial charge in [0.1, 0.15) is 5.60 Å². The van der Waals surface area contributed by atoms with Gasteiger partial charge in [-0.25, -0.2) is 4.79 Å². The lowest BCUT2D eigenvalue weighted by molar-refractivity contribution is -0.138. The summed E-state index contributed by atoms with van der Waals surface area (Å²) < 4.78 is 5.36. The van der Waals surface area contributed by atoms with Crippen molar-refractivity contribution in [3.8, 4) is 0 Å². The van der Waals surface area contributed by atoms with Crippen LogP contribution in [0.15, 0.2) is 0 Å². The second-order valence-electron chi connectivity index (χ2n) is 5.73. The van der Waals surface area contributed by atoms with Gasteiger partial charge in [0.15, 0.2) is 0 Å². The minimum absolute atomic E-state index is 0.253. The van der Waals surface area contributed by atoms with Gasteiger partial charge in [0.25, 0.3) is 0 Å². The Morgan fingerprint density at radius 1 is 1.28 bits per heavy atom. The van der Waals surface area contributed by atoms with Crippen LogP contribution in [-0.2, 0) is 9.53 Å². The predicted molar refractivity (Wildman–Crippen MR) is 65.0 cm³/mol. The molecule has 100 valence electrons. The fourth-order valence-electron chi connectivity index (χ4n) is 3.35. The summed E-state index contributed by atoms with van der Waals surface area (Å²) in [4.78, 5) is 25.4. The van der Waals surface area contributed by atoms with Gasteiger partial charge in [-0.3, -0.25) is 4.79 Å². The largest absolute Gasteiger partial charge is 0.441 e. The number of hydrogen-bond acceptors (Lipinski definition) is 3. The fraction of sp³-hybridized carbons (Fsp3) is 0.846. The normalized spacial score (nSPS) is 27.3. The van der Waals surface area contributed by atoms with Crippen LogP contribution < -0.4 is 5.32 Å². The van der Waals surface area contributed by atoms with E-state index in [4.69, 9.17) is 4.74 Å². The number of rotatable bonds is 1. The number of nitrogens with one attached hydrogen (secondary N) is 1. The first-order valence-corrected chi connectivity index (χ1v) is 6.94. The quantitative estimate of drug-likeness (QED) is 0.764. The first-order valence-electron chi connectivity index (χ1n) is 6.94. The van der Waals surface area contributed by atoms with E-state index in [1.165, 1.54) is 12.8 Å². The number of ether oxygens (including phenoxy) is 1. The van der Waals surface area contributed by atoms with E-state index < -0.39 is 0 Å². The van der Waals surface area contributed by atoms with Gasteiger partial charge in [-0.2, -0.15) is 0 Å². The van der Waals surface area contributed by atoms with Crippen LogP contribution in [0, 0.1) is 5.92 Å². The molecule has 3 aliphatic rings. The van der Waals surface area contributed by atoms with Crippen LogP contribution in [-0.4, -0.2) is 42.1 Å². The van der Waals surface area contributed by atoms with Crippen LogP contribution in [0.4, 0.5) is 4.79 Å². The van der Waals surface area contributed by atoms with Crippen LogP contribution in [0.5, 0.6) is 0 Å². The van der Waals surface area contributed by atoms with Crippen molar-refractivity contribution in [2.45, 2.75) is 44.1 Å². The lowest BCUT2D eigenvalue weighted by Crippen LogP contribution is -2.49. The molecule has 1 aliphatic carbocycles. The molecule has 2 heterocycles. The summed E-state index contributed by atoms with van der Waals surface area (Å²) in [7, 11) is 0. The van der Waals surface area contributed by atoms with Gasteiger partial charge in [0, 0.05) is 31.8 Å². The van der Waals surface area contributed by atoms with E-state index in [0.29, 0.717) is 12.5 Å². The number of likely N-dealkylation sites (tertiary alicyclic amines) is 1. The Labute approximate surface area is 107 Å². The molecule has 5 nitrogen and oxygen atoms in total. The van der Waals surface area contributed by atoms with Crippen LogP contribution >= 0.6 is 0 Å². The number of alkyl carbamates (subject to hydrolysis) is 1. The van der Waals surface area contributed by atoms with E-state index in [-0.39, 0.29) is 17.6 Å². The number of carbonyl (C=O) groups excluding carboxylic acids is 2. The van der Waals surface area contributed by atoms with E-state index in [0.717, 1.165) is 38.8 Å². The molecule has 0 aromatic heterocycles.